The molecule has 4 nitrogen and oxygen atoms in total. The molecule has 4 heteroatoms. The average Bonchev–Trinajstić information content (AvgIpc) is 3.30. The van der Waals surface area contributed by atoms with E-state index in [-0.39, 0.29) is 5.91 Å². The number of aryl methyl sites for hydroxylation is 2. The van der Waals surface area contributed by atoms with Crippen molar-refractivity contribution in [2.45, 2.75) is 13.8 Å². The minimum Gasteiger partial charge on any atom is -0.338 e. The third kappa shape index (κ3) is 2.89. The van der Waals surface area contributed by atoms with Gasteiger partial charge in [0.05, 0.1) is 16.8 Å². The van der Waals surface area contributed by atoms with Crippen molar-refractivity contribution in [3.8, 4) is 11.3 Å². The van der Waals surface area contributed by atoms with E-state index in [0.717, 1.165) is 53.9 Å². The van der Waals surface area contributed by atoms with Crippen LogP contribution in [-0.2, 0) is 0 Å². The fraction of sp³-hybridized carbons (Fsp3) is 0.333. The average molecular weight is 371 g/mol. The summed E-state index contributed by atoms with van der Waals surface area (Å²) in [6, 6.07) is 16.3. The van der Waals surface area contributed by atoms with Crippen molar-refractivity contribution in [1.82, 2.24) is 15.2 Å². The Bertz CT molecular complexity index is 1050. The molecule has 1 amide bonds. The Morgan fingerprint density at radius 3 is 2.39 bits per heavy atom. The molecule has 2 atom stereocenters. The highest BCUT2D eigenvalue weighted by Gasteiger charge is 2.38. The molecule has 28 heavy (non-hydrogen) atoms. The molecule has 2 aliphatic rings. The van der Waals surface area contributed by atoms with E-state index < -0.39 is 0 Å². The number of rotatable bonds is 2. The van der Waals surface area contributed by atoms with Gasteiger partial charge in [0.25, 0.3) is 5.91 Å². The topological polar surface area (TPSA) is 45.2 Å². The van der Waals surface area contributed by atoms with Gasteiger partial charge in [0, 0.05) is 37.1 Å². The van der Waals surface area contributed by atoms with Gasteiger partial charge in [-0.1, -0.05) is 30.3 Å². The van der Waals surface area contributed by atoms with Gasteiger partial charge in [0.1, 0.15) is 0 Å². The first-order valence-corrected chi connectivity index (χ1v) is 10.1. The summed E-state index contributed by atoms with van der Waals surface area (Å²) in [6.07, 6.45) is 0. The number of hydrogen-bond acceptors (Lipinski definition) is 3. The summed E-state index contributed by atoms with van der Waals surface area (Å²) in [5.41, 5.74) is 5.97. The summed E-state index contributed by atoms with van der Waals surface area (Å²) in [6.45, 7) is 7.96. The maximum absolute atomic E-state index is 13.5. The SMILES string of the molecule is Cc1cc2nc(-c3ccccc3)cc(C(=O)N3C[C@H]4CNC[C@H]4C3)c2cc1C. The normalized spacial score (nSPS) is 21.3. The third-order valence-electron chi connectivity index (χ3n) is 6.40. The predicted molar refractivity (Wildman–Crippen MR) is 112 cm³/mol. The number of amides is 1. The molecule has 3 heterocycles. The first kappa shape index (κ1) is 17.4. The number of carbonyl (C=O) groups excluding carboxylic acids is 1. The van der Waals surface area contributed by atoms with Crippen LogP contribution in [0.25, 0.3) is 22.2 Å². The van der Waals surface area contributed by atoms with E-state index in [1.54, 1.807) is 0 Å². The number of fused-ring (bicyclic) bond motifs is 2. The molecule has 2 saturated heterocycles. The molecule has 142 valence electrons. The van der Waals surface area contributed by atoms with Gasteiger partial charge in [-0.15, -0.1) is 0 Å². The molecule has 0 saturated carbocycles. The highest BCUT2D eigenvalue weighted by molar-refractivity contribution is 6.07. The lowest BCUT2D eigenvalue weighted by Crippen LogP contribution is -2.32. The lowest BCUT2D eigenvalue weighted by Gasteiger charge is -2.20. The van der Waals surface area contributed by atoms with E-state index >= 15 is 0 Å². The molecule has 3 aromatic rings. The van der Waals surface area contributed by atoms with Gasteiger partial charge >= 0.3 is 0 Å². The highest BCUT2D eigenvalue weighted by atomic mass is 16.2. The first-order chi connectivity index (χ1) is 13.6. The van der Waals surface area contributed by atoms with Crippen molar-refractivity contribution in [1.29, 1.82) is 0 Å². The van der Waals surface area contributed by atoms with E-state index in [2.05, 4.69) is 48.3 Å². The highest BCUT2D eigenvalue weighted by Crippen LogP contribution is 2.31. The molecule has 0 radical (unpaired) electrons. The molecule has 0 bridgehead atoms. The molecule has 5 rings (SSSR count). The van der Waals surface area contributed by atoms with Crippen LogP contribution in [-0.4, -0.2) is 42.0 Å². The van der Waals surface area contributed by atoms with Gasteiger partial charge in [-0.3, -0.25) is 4.79 Å². The van der Waals surface area contributed by atoms with Gasteiger partial charge in [-0.25, -0.2) is 4.98 Å². The molecule has 1 N–H and O–H groups in total. The third-order valence-corrected chi connectivity index (χ3v) is 6.40. The number of likely N-dealkylation sites (tertiary alicyclic amines) is 1. The second-order valence-corrected chi connectivity index (χ2v) is 8.26. The zero-order chi connectivity index (χ0) is 19.3. The van der Waals surface area contributed by atoms with Crippen molar-refractivity contribution in [2.75, 3.05) is 26.2 Å². The summed E-state index contributed by atoms with van der Waals surface area (Å²) in [7, 11) is 0. The molecule has 1 aromatic heterocycles. The number of aromatic nitrogens is 1. The van der Waals surface area contributed by atoms with Crippen LogP contribution in [0.3, 0.4) is 0 Å². The van der Waals surface area contributed by atoms with Gasteiger partial charge in [-0.05, 0) is 55.0 Å². The van der Waals surface area contributed by atoms with E-state index in [9.17, 15) is 4.79 Å². The maximum Gasteiger partial charge on any atom is 0.254 e. The minimum absolute atomic E-state index is 0.141. The Morgan fingerprint density at radius 1 is 1.00 bits per heavy atom. The monoisotopic (exact) mass is 371 g/mol. The molecule has 2 fully saturated rings. The van der Waals surface area contributed by atoms with E-state index in [1.807, 2.05) is 24.3 Å². The van der Waals surface area contributed by atoms with Crippen LogP contribution in [0.1, 0.15) is 21.5 Å². The standard InChI is InChI=1S/C24H25N3O/c1-15-8-20-21(24(28)27-13-18-11-25-12-19(18)14-27)10-22(17-6-4-3-5-7-17)26-23(20)9-16(15)2/h3-10,18-19,25H,11-14H2,1-2H3/t18-,19+. The summed E-state index contributed by atoms with van der Waals surface area (Å²) in [5, 5.41) is 4.41. The molecular weight excluding hydrogens is 346 g/mol. The number of hydrogen-bond donors (Lipinski definition) is 1. The van der Waals surface area contributed by atoms with Crippen molar-refractivity contribution in [3.05, 3.63) is 65.2 Å². The van der Waals surface area contributed by atoms with Gasteiger partial charge in [0.2, 0.25) is 0 Å². The zero-order valence-electron chi connectivity index (χ0n) is 16.4. The van der Waals surface area contributed by atoms with E-state index in [1.165, 1.54) is 11.1 Å². The first-order valence-electron chi connectivity index (χ1n) is 10.1. The Morgan fingerprint density at radius 2 is 1.68 bits per heavy atom. The lowest BCUT2D eigenvalue weighted by molar-refractivity contribution is 0.0783. The number of pyridine rings is 1. The smallest absolute Gasteiger partial charge is 0.254 e. The Hall–Kier alpha value is -2.72. The van der Waals surface area contributed by atoms with Crippen molar-refractivity contribution >= 4 is 16.8 Å². The van der Waals surface area contributed by atoms with Crippen molar-refractivity contribution < 1.29 is 4.79 Å². The van der Waals surface area contributed by atoms with Crippen LogP contribution < -0.4 is 5.32 Å². The molecule has 0 unspecified atom stereocenters. The number of benzene rings is 2. The predicted octanol–water partition coefficient (Wildman–Crippen LogP) is 3.81. The number of nitrogens with one attached hydrogen (secondary N) is 1. The van der Waals surface area contributed by atoms with Crippen LogP contribution in [0, 0.1) is 25.7 Å². The summed E-state index contributed by atoms with van der Waals surface area (Å²) >= 11 is 0. The van der Waals surface area contributed by atoms with Gasteiger partial charge < -0.3 is 10.2 Å². The van der Waals surface area contributed by atoms with Crippen LogP contribution in [0.15, 0.2) is 48.5 Å². The lowest BCUT2D eigenvalue weighted by atomic mass is 9.99. The van der Waals surface area contributed by atoms with Crippen LogP contribution >= 0.6 is 0 Å². The van der Waals surface area contributed by atoms with Crippen molar-refractivity contribution in [3.63, 3.8) is 0 Å². The summed E-state index contributed by atoms with van der Waals surface area (Å²) < 4.78 is 0. The second kappa shape index (κ2) is 6.71. The Labute approximate surface area is 165 Å². The zero-order valence-corrected chi connectivity index (χ0v) is 16.4. The Balaban J connectivity index is 1.63. The number of nitrogens with zero attached hydrogens (tertiary/aromatic N) is 2. The molecule has 2 aliphatic heterocycles. The molecule has 0 spiro atoms. The maximum atomic E-state index is 13.5. The van der Waals surface area contributed by atoms with Crippen molar-refractivity contribution in [2.24, 2.45) is 11.8 Å². The fourth-order valence-electron chi connectivity index (χ4n) is 4.61. The Kier molecular flexibility index (Phi) is 4.17. The van der Waals surface area contributed by atoms with E-state index in [0.29, 0.717) is 11.8 Å². The van der Waals surface area contributed by atoms with E-state index in [4.69, 9.17) is 4.98 Å². The minimum atomic E-state index is 0.141. The van der Waals surface area contributed by atoms with Gasteiger partial charge in [-0.2, -0.15) is 0 Å². The number of carbonyl (C=O) groups is 1. The molecular formula is C24H25N3O. The quantitative estimate of drug-likeness (QED) is 0.745. The largest absolute Gasteiger partial charge is 0.338 e. The molecule has 2 aromatic carbocycles. The van der Waals surface area contributed by atoms with Crippen LogP contribution in [0.5, 0.6) is 0 Å². The molecule has 0 aliphatic carbocycles. The summed E-state index contributed by atoms with van der Waals surface area (Å²) in [4.78, 5) is 20.5. The van der Waals surface area contributed by atoms with Crippen LogP contribution in [0.4, 0.5) is 0 Å². The van der Waals surface area contributed by atoms with Crippen LogP contribution in [0.2, 0.25) is 0 Å². The summed E-state index contributed by atoms with van der Waals surface area (Å²) in [5.74, 6) is 1.33. The fourth-order valence-corrected chi connectivity index (χ4v) is 4.61. The second-order valence-electron chi connectivity index (χ2n) is 8.26. The van der Waals surface area contributed by atoms with Gasteiger partial charge in [0.15, 0.2) is 0 Å².